The van der Waals surface area contributed by atoms with Gasteiger partial charge in [-0.05, 0) is 58.1 Å². The van der Waals surface area contributed by atoms with Crippen molar-refractivity contribution in [1.29, 1.82) is 0 Å². The molecule has 1 heterocycles. The molecule has 3 nitrogen and oxygen atoms in total. The van der Waals surface area contributed by atoms with Gasteiger partial charge in [0.1, 0.15) is 5.75 Å². The Labute approximate surface area is 145 Å². The Morgan fingerprint density at radius 2 is 2.00 bits per heavy atom. The zero-order valence-electron chi connectivity index (χ0n) is 13.5. The average Bonchev–Trinajstić information content (AvgIpc) is 3.13. The van der Waals surface area contributed by atoms with Crippen molar-refractivity contribution in [2.75, 3.05) is 6.61 Å². The Balaban J connectivity index is 1.57. The summed E-state index contributed by atoms with van der Waals surface area (Å²) < 4.78 is 5.53. The minimum absolute atomic E-state index is 0.0179. The van der Waals surface area contributed by atoms with Gasteiger partial charge in [0.25, 0.3) is 5.91 Å². The van der Waals surface area contributed by atoms with E-state index in [0.717, 1.165) is 16.7 Å². The molecule has 0 fully saturated rings. The van der Waals surface area contributed by atoms with Crippen LogP contribution in [0.3, 0.4) is 0 Å². The number of benzene rings is 2. The van der Waals surface area contributed by atoms with Crippen molar-refractivity contribution in [3.63, 3.8) is 0 Å². The number of hydrogen-bond acceptors (Lipinski definition) is 3. The van der Waals surface area contributed by atoms with E-state index in [1.165, 1.54) is 5.56 Å². The molecule has 0 radical (unpaired) electrons. The fourth-order valence-corrected chi connectivity index (χ4v) is 3.13. The van der Waals surface area contributed by atoms with Crippen molar-refractivity contribution >= 4 is 17.2 Å². The molecule has 4 heteroatoms. The molecule has 1 aromatic heterocycles. The molecule has 0 unspecified atom stereocenters. The Bertz CT molecular complexity index is 812. The summed E-state index contributed by atoms with van der Waals surface area (Å²) in [6.45, 7) is 2.50. The Hall–Kier alpha value is -2.59. The van der Waals surface area contributed by atoms with Crippen LogP contribution in [-0.2, 0) is 11.3 Å². The van der Waals surface area contributed by atoms with E-state index in [0.29, 0.717) is 12.3 Å². The van der Waals surface area contributed by atoms with Crippen LogP contribution >= 0.6 is 11.3 Å². The lowest BCUT2D eigenvalue weighted by atomic mass is 10.0. The van der Waals surface area contributed by atoms with Gasteiger partial charge < -0.3 is 10.1 Å². The summed E-state index contributed by atoms with van der Waals surface area (Å²) in [7, 11) is 0. The van der Waals surface area contributed by atoms with E-state index in [1.807, 2.05) is 49.4 Å². The normalized spacial score (nSPS) is 10.4. The number of aryl methyl sites for hydroxylation is 1. The molecule has 0 aliphatic carbocycles. The smallest absolute Gasteiger partial charge is 0.258 e. The second-order valence-electron chi connectivity index (χ2n) is 5.55. The van der Waals surface area contributed by atoms with Gasteiger partial charge in [0, 0.05) is 6.54 Å². The number of hydrogen-bond donors (Lipinski definition) is 1. The topological polar surface area (TPSA) is 38.3 Å². The van der Waals surface area contributed by atoms with Gasteiger partial charge in [-0.3, -0.25) is 4.79 Å². The van der Waals surface area contributed by atoms with Crippen molar-refractivity contribution in [3.8, 4) is 16.9 Å². The molecule has 1 N–H and O–H groups in total. The first-order valence-corrected chi connectivity index (χ1v) is 8.73. The molecule has 0 aliphatic heterocycles. The molecule has 0 bridgehead atoms. The standard InChI is InChI=1S/C20H19NO2S/c1-15-5-4-7-18(11-15)23-13-20(22)21-12-16-6-2-3-8-19(16)17-9-10-24-14-17/h2-11,14H,12-13H2,1H3,(H,21,22). The van der Waals surface area contributed by atoms with Crippen molar-refractivity contribution in [1.82, 2.24) is 5.32 Å². The lowest BCUT2D eigenvalue weighted by Gasteiger charge is -2.11. The zero-order chi connectivity index (χ0) is 16.8. The van der Waals surface area contributed by atoms with Crippen LogP contribution in [0.1, 0.15) is 11.1 Å². The number of carbonyl (C=O) groups excluding carboxylic acids is 1. The van der Waals surface area contributed by atoms with E-state index < -0.39 is 0 Å². The third-order valence-corrected chi connectivity index (χ3v) is 4.37. The first-order valence-electron chi connectivity index (χ1n) is 7.79. The van der Waals surface area contributed by atoms with Crippen molar-refractivity contribution in [3.05, 3.63) is 76.5 Å². The minimum Gasteiger partial charge on any atom is -0.484 e. The predicted octanol–water partition coefficient (Wildman–Crippen LogP) is 4.42. The number of rotatable bonds is 6. The highest BCUT2D eigenvalue weighted by molar-refractivity contribution is 7.08. The van der Waals surface area contributed by atoms with E-state index in [4.69, 9.17) is 4.74 Å². The summed E-state index contributed by atoms with van der Waals surface area (Å²) in [6, 6.07) is 17.9. The molecule has 3 aromatic rings. The third-order valence-electron chi connectivity index (χ3n) is 3.69. The highest BCUT2D eigenvalue weighted by atomic mass is 32.1. The maximum atomic E-state index is 12.0. The summed E-state index contributed by atoms with van der Waals surface area (Å²) in [5, 5.41) is 7.09. The number of ether oxygens (including phenoxy) is 1. The SMILES string of the molecule is Cc1cccc(OCC(=O)NCc2ccccc2-c2ccsc2)c1. The predicted molar refractivity (Wildman–Crippen MR) is 98.3 cm³/mol. The first kappa shape index (κ1) is 16.3. The van der Waals surface area contributed by atoms with Gasteiger partial charge in [-0.15, -0.1) is 0 Å². The first-order chi connectivity index (χ1) is 11.7. The lowest BCUT2D eigenvalue weighted by molar-refractivity contribution is -0.123. The van der Waals surface area contributed by atoms with Crippen LogP contribution in [0.15, 0.2) is 65.4 Å². The molecule has 2 aromatic carbocycles. The molecule has 1 amide bonds. The quantitative estimate of drug-likeness (QED) is 0.723. The summed E-state index contributed by atoms with van der Waals surface area (Å²) in [5.74, 6) is 0.584. The zero-order valence-corrected chi connectivity index (χ0v) is 14.3. The molecule has 0 spiro atoms. The molecule has 0 atom stereocenters. The number of nitrogens with one attached hydrogen (secondary N) is 1. The van der Waals surface area contributed by atoms with E-state index in [9.17, 15) is 4.79 Å². The van der Waals surface area contributed by atoms with Crippen molar-refractivity contribution in [2.45, 2.75) is 13.5 Å². The van der Waals surface area contributed by atoms with Gasteiger partial charge in [0.15, 0.2) is 6.61 Å². The lowest BCUT2D eigenvalue weighted by Crippen LogP contribution is -2.28. The van der Waals surface area contributed by atoms with Crippen LogP contribution in [0.4, 0.5) is 0 Å². The van der Waals surface area contributed by atoms with E-state index >= 15 is 0 Å². The van der Waals surface area contributed by atoms with Gasteiger partial charge in [0.05, 0.1) is 0 Å². The number of carbonyl (C=O) groups is 1. The summed E-state index contributed by atoms with van der Waals surface area (Å²) in [6.07, 6.45) is 0. The number of thiophene rings is 1. The highest BCUT2D eigenvalue weighted by Crippen LogP contribution is 2.25. The summed E-state index contributed by atoms with van der Waals surface area (Å²) in [5.41, 5.74) is 4.54. The average molecular weight is 337 g/mol. The molecule has 0 aliphatic rings. The minimum atomic E-state index is -0.128. The molecule has 24 heavy (non-hydrogen) atoms. The van der Waals surface area contributed by atoms with Gasteiger partial charge in [-0.2, -0.15) is 11.3 Å². The van der Waals surface area contributed by atoms with E-state index in [-0.39, 0.29) is 12.5 Å². The molecular formula is C20H19NO2S. The Morgan fingerprint density at radius 3 is 2.79 bits per heavy atom. The molecule has 0 saturated heterocycles. The molecule has 0 saturated carbocycles. The van der Waals surface area contributed by atoms with Gasteiger partial charge in [-0.1, -0.05) is 36.4 Å². The molecular weight excluding hydrogens is 318 g/mol. The van der Waals surface area contributed by atoms with Gasteiger partial charge >= 0.3 is 0 Å². The maximum Gasteiger partial charge on any atom is 0.258 e. The molecule has 3 rings (SSSR count). The van der Waals surface area contributed by atoms with Crippen molar-refractivity contribution in [2.24, 2.45) is 0 Å². The van der Waals surface area contributed by atoms with Crippen LogP contribution in [0.5, 0.6) is 5.75 Å². The van der Waals surface area contributed by atoms with E-state index in [1.54, 1.807) is 11.3 Å². The largest absolute Gasteiger partial charge is 0.484 e. The fraction of sp³-hybridized carbons (Fsp3) is 0.150. The molecule has 122 valence electrons. The van der Waals surface area contributed by atoms with Crippen LogP contribution in [0.25, 0.3) is 11.1 Å². The summed E-state index contributed by atoms with van der Waals surface area (Å²) >= 11 is 1.67. The van der Waals surface area contributed by atoms with Crippen LogP contribution in [-0.4, -0.2) is 12.5 Å². The second kappa shape index (κ2) is 7.79. The van der Waals surface area contributed by atoms with Crippen molar-refractivity contribution < 1.29 is 9.53 Å². The second-order valence-corrected chi connectivity index (χ2v) is 6.33. The third kappa shape index (κ3) is 4.24. The van der Waals surface area contributed by atoms with Gasteiger partial charge in [0.2, 0.25) is 0 Å². The summed E-state index contributed by atoms with van der Waals surface area (Å²) in [4.78, 5) is 12.0. The monoisotopic (exact) mass is 337 g/mol. The van der Waals surface area contributed by atoms with Crippen LogP contribution < -0.4 is 10.1 Å². The van der Waals surface area contributed by atoms with Gasteiger partial charge in [-0.25, -0.2) is 0 Å². The highest BCUT2D eigenvalue weighted by Gasteiger charge is 2.07. The van der Waals surface area contributed by atoms with Crippen LogP contribution in [0, 0.1) is 6.92 Å². The maximum absolute atomic E-state index is 12.0. The Morgan fingerprint density at radius 1 is 1.12 bits per heavy atom. The fourth-order valence-electron chi connectivity index (χ4n) is 2.47. The Kier molecular flexibility index (Phi) is 5.29. The van der Waals surface area contributed by atoms with Crippen LogP contribution in [0.2, 0.25) is 0 Å². The number of amides is 1. The van der Waals surface area contributed by atoms with E-state index in [2.05, 4.69) is 28.2 Å².